The third-order valence-corrected chi connectivity index (χ3v) is 4.13. The van der Waals surface area contributed by atoms with Crippen molar-refractivity contribution in [3.63, 3.8) is 0 Å². The number of pyridine rings is 1. The molecule has 7 nitrogen and oxygen atoms in total. The summed E-state index contributed by atoms with van der Waals surface area (Å²) in [5, 5.41) is 15.6. The van der Waals surface area contributed by atoms with Gasteiger partial charge in [-0.15, -0.1) is 10.2 Å². The molecule has 26 heavy (non-hydrogen) atoms. The van der Waals surface area contributed by atoms with Gasteiger partial charge in [0.1, 0.15) is 0 Å². The minimum atomic E-state index is -0.246. The standard InChI is InChI=1S/C19H18N6O/c1-14(19-23-22-17-9-5-6-10-24(17)19)21-18(26)11-15-12-20-25(13-15)16-7-3-2-4-8-16/h2-10,12-14H,11H2,1H3,(H,21,26). The summed E-state index contributed by atoms with van der Waals surface area (Å²) >= 11 is 0. The number of fused-ring (bicyclic) bond motifs is 1. The van der Waals surface area contributed by atoms with E-state index in [2.05, 4.69) is 20.6 Å². The molecule has 1 unspecified atom stereocenters. The van der Waals surface area contributed by atoms with Gasteiger partial charge >= 0.3 is 0 Å². The van der Waals surface area contributed by atoms with Crippen molar-refractivity contribution in [3.05, 3.63) is 78.5 Å². The average Bonchev–Trinajstić information content (AvgIpc) is 3.29. The summed E-state index contributed by atoms with van der Waals surface area (Å²) in [6, 6.07) is 15.2. The maximum absolute atomic E-state index is 12.4. The van der Waals surface area contributed by atoms with Gasteiger partial charge in [-0.25, -0.2) is 4.68 Å². The molecule has 3 aromatic heterocycles. The smallest absolute Gasteiger partial charge is 0.225 e. The first-order chi connectivity index (χ1) is 12.7. The van der Waals surface area contributed by atoms with Gasteiger partial charge in [-0.2, -0.15) is 5.10 Å². The van der Waals surface area contributed by atoms with E-state index in [0.29, 0.717) is 5.82 Å². The highest BCUT2D eigenvalue weighted by Gasteiger charge is 2.16. The van der Waals surface area contributed by atoms with Crippen LogP contribution in [0.2, 0.25) is 0 Å². The number of amides is 1. The van der Waals surface area contributed by atoms with Crippen molar-refractivity contribution in [1.29, 1.82) is 0 Å². The van der Waals surface area contributed by atoms with E-state index >= 15 is 0 Å². The molecule has 1 N–H and O–H groups in total. The molecule has 0 saturated carbocycles. The fourth-order valence-electron chi connectivity index (χ4n) is 2.87. The third-order valence-electron chi connectivity index (χ3n) is 4.13. The lowest BCUT2D eigenvalue weighted by Gasteiger charge is -2.11. The number of nitrogens with one attached hydrogen (secondary N) is 1. The van der Waals surface area contributed by atoms with Gasteiger partial charge in [-0.3, -0.25) is 9.20 Å². The van der Waals surface area contributed by atoms with E-state index < -0.39 is 0 Å². The molecule has 0 aliphatic heterocycles. The van der Waals surface area contributed by atoms with E-state index in [4.69, 9.17) is 0 Å². The minimum absolute atomic E-state index is 0.0854. The van der Waals surface area contributed by atoms with E-state index in [-0.39, 0.29) is 18.4 Å². The quantitative estimate of drug-likeness (QED) is 0.602. The lowest BCUT2D eigenvalue weighted by molar-refractivity contribution is -0.121. The highest BCUT2D eigenvalue weighted by molar-refractivity contribution is 5.78. The van der Waals surface area contributed by atoms with Crippen LogP contribution in [0.5, 0.6) is 0 Å². The van der Waals surface area contributed by atoms with Gasteiger partial charge in [-0.05, 0) is 36.8 Å². The van der Waals surface area contributed by atoms with Crippen LogP contribution < -0.4 is 5.32 Å². The first-order valence-corrected chi connectivity index (χ1v) is 8.39. The second-order valence-electron chi connectivity index (χ2n) is 6.08. The van der Waals surface area contributed by atoms with Crippen LogP contribution in [0.15, 0.2) is 67.1 Å². The van der Waals surface area contributed by atoms with Gasteiger partial charge in [0.15, 0.2) is 11.5 Å². The Labute approximate surface area is 150 Å². The van der Waals surface area contributed by atoms with Crippen molar-refractivity contribution in [3.8, 4) is 5.69 Å². The zero-order chi connectivity index (χ0) is 17.9. The number of benzene rings is 1. The van der Waals surface area contributed by atoms with Crippen LogP contribution in [0, 0.1) is 0 Å². The van der Waals surface area contributed by atoms with Gasteiger partial charge in [0.25, 0.3) is 0 Å². The summed E-state index contributed by atoms with van der Waals surface area (Å²) in [7, 11) is 0. The van der Waals surface area contributed by atoms with Crippen LogP contribution in [0.3, 0.4) is 0 Å². The number of carbonyl (C=O) groups excluding carboxylic acids is 1. The number of carbonyl (C=O) groups is 1. The molecular weight excluding hydrogens is 328 g/mol. The molecular formula is C19H18N6O. The Bertz CT molecular complexity index is 1040. The van der Waals surface area contributed by atoms with E-state index in [1.807, 2.05) is 72.2 Å². The van der Waals surface area contributed by atoms with Crippen LogP contribution in [-0.4, -0.2) is 30.3 Å². The van der Waals surface area contributed by atoms with E-state index in [9.17, 15) is 4.79 Å². The van der Waals surface area contributed by atoms with Crippen molar-refractivity contribution in [2.75, 3.05) is 0 Å². The van der Waals surface area contributed by atoms with Crippen molar-refractivity contribution in [2.24, 2.45) is 0 Å². The molecule has 7 heteroatoms. The molecule has 3 heterocycles. The highest BCUT2D eigenvalue weighted by Crippen LogP contribution is 2.13. The van der Waals surface area contributed by atoms with E-state index in [0.717, 1.165) is 16.9 Å². The Balaban J connectivity index is 1.43. The second-order valence-corrected chi connectivity index (χ2v) is 6.08. The molecule has 0 radical (unpaired) electrons. The summed E-state index contributed by atoms with van der Waals surface area (Å²) in [5.41, 5.74) is 2.57. The van der Waals surface area contributed by atoms with Crippen molar-refractivity contribution < 1.29 is 4.79 Å². The Morgan fingerprint density at radius 2 is 1.92 bits per heavy atom. The number of nitrogens with zero attached hydrogens (tertiary/aromatic N) is 5. The lowest BCUT2D eigenvalue weighted by atomic mass is 10.2. The van der Waals surface area contributed by atoms with Crippen LogP contribution in [0.4, 0.5) is 0 Å². The number of hydrogen-bond donors (Lipinski definition) is 1. The van der Waals surface area contributed by atoms with Crippen LogP contribution in [0.1, 0.15) is 24.4 Å². The zero-order valence-electron chi connectivity index (χ0n) is 14.3. The van der Waals surface area contributed by atoms with Crippen molar-refractivity contribution in [2.45, 2.75) is 19.4 Å². The molecule has 1 atom stereocenters. The fourth-order valence-corrected chi connectivity index (χ4v) is 2.87. The molecule has 0 saturated heterocycles. The fraction of sp³-hybridized carbons (Fsp3) is 0.158. The number of hydrogen-bond acceptors (Lipinski definition) is 4. The largest absolute Gasteiger partial charge is 0.346 e. The number of rotatable bonds is 5. The Morgan fingerprint density at radius 3 is 2.77 bits per heavy atom. The van der Waals surface area contributed by atoms with Crippen LogP contribution >= 0.6 is 0 Å². The topological polar surface area (TPSA) is 77.1 Å². The first-order valence-electron chi connectivity index (χ1n) is 8.39. The molecule has 0 aliphatic carbocycles. The van der Waals surface area contributed by atoms with Gasteiger partial charge in [-0.1, -0.05) is 24.3 Å². The molecule has 0 spiro atoms. The van der Waals surface area contributed by atoms with Crippen molar-refractivity contribution >= 4 is 11.6 Å². The zero-order valence-corrected chi connectivity index (χ0v) is 14.3. The summed E-state index contributed by atoms with van der Waals surface area (Å²) < 4.78 is 3.64. The second kappa shape index (κ2) is 6.79. The molecule has 4 rings (SSSR count). The Morgan fingerprint density at radius 1 is 1.12 bits per heavy atom. The van der Waals surface area contributed by atoms with Crippen LogP contribution in [-0.2, 0) is 11.2 Å². The highest BCUT2D eigenvalue weighted by atomic mass is 16.1. The van der Waals surface area contributed by atoms with E-state index in [1.165, 1.54) is 0 Å². The predicted octanol–water partition coefficient (Wildman–Crippen LogP) is 2.33. The summed E-state index contributed by atoms with van der Waals surface area (Å²) in [5.74, 6) is 0.617. The van der Waals surface area contributed by atoms with Gasteiger partial charge < -0.3 is 5.32 Å². The minimum Gasteiger partial charge on any atom is -0.346 e. The monoisotopic (exact) mass is 346 g/mol. The van der Waals surface area contributed by atoms with E-state index in [1.54, 1.807) is 10.9 Å². The van der Waals surface area contributed by atoms with Crippen molar-refractivity contribution in [1.82, 2.24) is 29.7 Å². The molecule has 130 valence electrons. The molecule has 1 aromatic carbocycles. The normalized spacial score (nSPS) is 12.2. The molecule has 4 aromatic rings. The predicted molar refractivity (Wildman–Crippen MR) is 96.8 cm³/mol. The maximum Gasteiger partial charge on any atom is 0.225 e. The van der Waals surface area contributed by atoms with Gasteiger partial charge in [0, 0.05) is 12.4 Å². The summed E-state index contributed by atoms with van der Waals surface area (Å²) in [6.45, 7) is 1.90. The Kier molecular flexibility index (Phi) is 4.18. The number of aromatic nitrogens is 5. The maximum atomic E-state index is 12.4. The summed E-state index contributed by atoms with van der Waals surface area (Å²) in [6.07, 6.45) is 5.72. The molecule has 0 bridgehead atoms. The van der Waals surface area contributed by atoms with Gasteiger partial charge in [0.05, 0.1) is 24.3 Å². The molecule has 1 amide bonds. The third kappa shape index (κ3) is 3.19. The Hall–Kier alpha value is -3.48. The average molecular weight is 346 g/mol. The molecule has 0 aliphatic rings. The summed E-state index contributed by atoms with van der Waals surface area (Å²) in [4.78, 5) is 12.4. The molecule has 0 fully saturated rings. The first kappa shape index (κ1) is 16.0. The number of para-hydroxylation sites is 1. The van der Waals surface area contributed by atoms with Crippen LogP contribution in [0.25, 0.3) is 11.3 Å². The van der Waals surface area contributed by atoms with Gasteiger partial charge in [0.2, 0.25) is 5.91 Å². The SMILES string of the molecule is CC(NC(=O)Cc1cnn(-c2ccccc2)c1)c1nnc2ccccn12. The lowest BCUT2D eigenvalue weighted by Crippen LogP contribution is -2.29.